The predicted octanol–water partition coefficient (Wildman–Crippen LogP) is 3.31. The third-order valence-electron chi connectivity index (χ3n) is 2.36. The largest absolute Gasteiger partial charge is 0.380 e. The van der Waals surface area contributed by atoms with E-state index in [9.17, 15) is 8.42 Å². The molecule has 0 heterocycles. The van der Waals surface area contributed by atoms with E-state index in [1.165, 1.54) is 0 Å². The summed E-state index contributed by atoms with van der Waals surface area (Å²) in [5.74, 6) is 0. The summed E-state index contributed by atoms with van der Waals surface area (Å²) in [5, 5.41) is 0. The van der Waals surface area contributed by atoms with Crippen LogP contribution in [0.3, 0.4) is 0 Å². The molecule has 0 saturated heterocycles. The van der Waals surface area contributed by atoms with Crippen LogP contribution >= 0.6 is 31.9 Å². The quantitative estimate of drug-likeness (QED) is 0.664. The van der Waals surface area contributed by atoms with Crippen LogP contribution in [0.1, 0.15) is 19.8 Å². The normalized spacial score (nSPS) is 11.7. The first-order chi connectivity index (χ1) is 8.97. The number of rotatable bonds is 8. The lowest BCUT2D eigenvalue weighted by molar-refractivity contribution is 0.136. The molecule has 1 aromatic carbocycles. The number of hydrogen-bond acceptors (Lipinski definition) is 3. The van der Waals surface area contributed by atoms with Gasteiger partial charge >= 0.3 is 0 Å². The van der Waals surface area contributed by atoms with Crippen LogP contribution in [0.5, 0.6) is 0 Å². The number of ether oxygens (including phenoxy) is 1. The number of halogens is 2. The van der Waals surface area contributed by atoms with Crippen LogP contribution in [0.25, 0.3) is 0 Å². The molecular formula is C12H17Br2NO3S. The Morgan fingerprint density at radius 2 is 2.00 bits per heavy atom. The maximum atomic E-state index is 12.1. The molecule has 108 valence electrons. The molecule has 0 fully saturated rings. The van der Waals surface area contributed by atoms with Crippen LogP contribution in [-0.4, -0.2) is 28.2 Å². The Balaban J connectivity index is 2.54. The van der Waals surface area contributed by atoms with E-state index in [0.717, 1.165) is 17.3 Å². The molecule has 0 atom stereocenters. The van der Waals surface area contributed by atoms with Gasteiger partial charge in [-0.1, -0.05) is 29.3 Å². The molecule has 1 aromatic rings. The molecule has 19 heavy (non-hydrogen) atoms. The minimum atomic E-state index is -3.51. The van der Waals surface area contributed by atoms with Crippen molar-refractivity contribution in [1.29, 1.82) is 0 Å². The highest BCUT2D eigenvalue weighted by Crippen LogP contribution is 2.25. The topological polar surface area (TPSA) is 55.4 Å². The molecule has 4 nitrogen and oxygen atoms in total. The highest BCUT2D eigenvalue weighted by atomic mass is 79.9. The first-order valence-electron chi connectivity index (χ1n) is 6.00. The Kier molecular flexibility index (Phi) is 7.53. The van der Waals surface area contributed by atoms with Gasteiger partial charge in [-0.3, -0.25) is 0 Å². The summed E-state index contributed by atoms with van der Waals surface area (Å²) in [6, 6.07) is 5.03. The molecule has 0 aliphatic heterocycles. The maximum Gasteiger partial charge on any atom is 0.241 e. The van der Waals surface area contributed by atoms with E-state index in [-0.39, 0.29) is 11.4 Å². The second-order valence-electron chi connectivity index (χ2n) is 3.94. The maximum absolute atomic E-state index is 12.1. The second-order valence-corrected chi connectivity index (χ2v) is 7.44. The van der Waals surface area contributed by atoms with E-state index in [2.05, 4.69) is 43.5 Å². The Labute approximate surface area is 131 Å². The van der Waals surface area contributed by atoms with E-state index < -0.39 is 10.0 Å². The third-order valence-corrected chi connectivity index (χ3v) is 5.31. The first-order valence-corrected chi connectivity index (χ1v) is 9.06. The second kappa shape index (κ2) is 8.36. The lowest BCUT2D eigenvalue weighted by atomic mass is 10.4. The summed E-state index contributed by atoms with van der Waals surface area (Å²) < 4.78 is 33.2. The van der Waals surface area contributed by atoms with Gasteiger partial charge in [-0.25, -0.2) is 13.1 Å². The van der Waals surface area contributed by atoms with E-state index >= 15 is 0 Å². The van der Waals surface area contributed by atoms with E-state index in [4.69, 9.17) is 4.74 Å². The smallest absolute Gasteiger partial charge is 0.241 e. The van der Waals surface area contributed by atoms with Gasteiger partial charge in [-0.15, -0.1) is 0 Å². The van der Waals surface area contributed by atoms with Crippen molar-refractivity contribution >= 4 is 41.9 Å². The SMILES string of the molecule is CCCCOCCNS(=O)(=O)c1cc(Br)ccc1Br. The van der Waals surface area contributed by atoms with E-state index in [0.29, 0.717) is 17.7 Å². The Morgan fingerprint density at radius 1 is 1.26 bits per heavy atom. The zero-order valence-electron chi connectivity index (χ0n) is 10.7. The Morgan fingerprint density at radius 3 is 2.68 bits per heavy atom. The lowest BCUT2D eigenvalue weighted by Gasteiger charge is -2.09. The Bertz CT molecular complexity index is 506. The fourth-order valence-corrected chi connectivity index (χ4v) is 3.87. The van der Waals surface area contributed by atoms with Crippen LogP contribution < -0.4 is 4.72 Å². The molecule has 0 aromatic heterocycles. The highest BCUT2D eigenvalue weighted by Gasteiger charge is 2.17. The van der Waals surface area contributed by atoms with Crippen molar-refractivity contribution in [3.63, 3.8) is 0 Å². The molecule has 0 radical (unpaired) electrons. The van der Waals surface area contributed by atoms with Gasteiger partial charge in [0.2, 0.25) is 10.0 Å². The van der Waals surface area contributed by atoms with Crippen LogP contribution in [0.2, 0.25) is 0 Å². The summed E-state index contributed by atoms with van der Waals surface area (Å²) in [7, 11) is -3.51. The van der Waals surface area contributed by atoms with Crippen molar-refractivity contribution in [3.8, 4) is 0 Å². The molecule has 1 N–H and O–H groups in total. The lowest BCUT2D eigenvalue weighted by Crippen LogP contribution is -2.27. The van der Waals surface area contributed by atoms with Crippen molar-refractivity contribution < 1.29 is 13.2 Å². The molecule has 0 unspecified atom stereocenters. The summed E-state index contributed by atoms with van der Waals surface area (Å²) >= 11 is 6.50. The van der Waals surface area contributed by atoms with Gasteiger partial charge in [0, 0.05) is 22.1 Å². The van der Waals surface area contributed by atoms with Crippen LogP contribution in [0.15, 0.2) is 32.0 Å². The summed E-state index contributed by atoms with van der Waals surface area (Å²) in [5.41, 5.74) is 0. The number of nitrogens with one attached hydrogen (secondary N) is 1. The fourth-order valence-electron chi connectivity index (χ4n) is 1.36. The molecule has 7 heteroatoms. The van der Waals surface area contributed by atoms with Gasteiger partial charge in [0.1, 0.15) is 0 Å². The monoisotopic (exact) mass is 413 g/mol. The van der Waals surface area contributed by atoms with E-state index in [1.807, 2.05) is 0 Å². The summed E-state index contributed by atoms with van der Waals surface area (Å²) in [4.78, 5) is 0.218. The minimum absolute atomic E-state index is 0.218. The first kappa shape index (κ1) is 17.1. The molecule has 1 rings (SSSR count). The van der Waals surface area contributed by atoms with Crippen LogP contribution in [-0.2, 0) is 14.8 Å². The van der Waals surface area contributed by atoms with Crippen molar-refractivity contribution in [2.24, 2.45) is 0 Å². The van der Waals surface area contributed by atoms with Gasteiger partial charge in [0.25, 0.3) is 0 Å². The molecule has 0 bridgehead atoms. The van der Waals surface area contributed by atoms with Gasteiger partial charge in [0.05, 0.1) is 11.5 Å². The third kappa shape index (κ3) is 5.91. The number of hydrogen-bond donors (Lipinski definition) is 1. The van der Waals surface area contributed by atoms with Gasteiger partial charge in [-0.05, 0) is 40.5 Å². The molecule has 0 aliphatic rings. The Hall–Kier alpha value is 0.0500. The zero-order chi connectivity index (χ0) is 14.3. The van der Waals surface area contributed by atoms with Crippen molar-refractivity contribution in [3.05, 3.63) is 27.1 Å². The highest BCUT2D eigenvalue weighted by molar-refractivity contribution is 9.11. The predicted molar refractivity (Wildman–Crippen MR) is 82.8 cm³/mol. The zero-order valence-corrected chi connectivity index (χ0v) is 14.6. The van der Waals surface area contributed by atoms with Crippen LogP contribution in [0, 0.1) is 0 Å². The van der Waals surface area contributed by atoms with Crippen molar-refractivity contribution in [2.75, 3.05) is 19.8 Å². The van der Waals surface area contributed by atoms with Crippen molar-refractivity contribution in [2.45, 2.75) is 24.7 Å². The van der Waals surface area contributed by atoms with Crippen molar-refractivity contribution in [1.82, 2.24) is 4.72 Å². The van der Waals surface area contributed by atoms with Gasteiger partial charge in [-0.2, -0.15) is 0 Å². The van der Waals surface area contributed by atoms with Crippen LogP contribution in [0.4, 0.5) is 0 Å². The summed E-state index contributed by atoms with van der Waals surface area (Å²) in [6.07, 6.45) is 2.06. The van der Waals surface area contributed by atoms with Gasteiger partial charge < -0.3 is 4.74 Å². The van der Waals surface area contributed by atoms with Gasteiger partial charge in [0.15, 0.2) is 0 Å². The number of sulfonamides is 1. The fraction of sp³-hybridized carbons (Fsp3) is 0.500. The molecule has 0 saturated carbocycles. The standard InChI is InChI=1S/C12H17Br2NO3S/c1-2-3-7-18-8-6-15-19(16,17)12-9-10(13)4-5-11(12)14/h4-5,9,15H,2-3,6-8H2,1H3. The molecule has 0 spiro atoms. The minimum Gasteiger partial charge on any atom is -0.380 e. The summed E-state index contributed by atoms with van der Waals surface area (Å²) in [6.45, 7) is 3.39. The number of benzene rings is 1. The number of unbranched alkanes of at least 4 members (excludes halogenated alkanes) is 1. The average Bonchev–Trinajstić information content (AvgIpc) is 2.36. The molecule has 0 aliphatic carbocycles. The van der Waals surface area contributed by atoms with E-state index in [1.54, 1.807) is 18.2 Å². The molecule has 0 amide bonds. The molecular weight excluding hydrogens is 398 g/mol. The average molecular weight is 415 g/mol.